The van der Waals surface area contributed by atoms with Crippen molar-refractivity contribution in [2.75, 3.05) is 13.7 Å². The van der Waals surface area contributed by atoms with E-state index in [9.17, 15) is 9.59 Å². The minimum Gasteiger partial charge on any atom is -0.465 e. The summed E-state index contributed by atoms with van der Waals surface area (Å²) in [4.78, 5) is 23.6. The lowest BCUT2D eigenvalue weighted by atomic mass is 10.1. The molecule has 2 aromatic carbocycles. The number of amides is 1. The quantitative estimate of drug-likeness (QED) is 0.695. The number of aromatic nitrogens is 2. The van der Waals surface area contributed by atoms with Crippen molar-refractivity contribution in [2.45, 2.75) is 6.54 Å². The van der Waals surface area contributed by atoms with Crippen LogP contribution in [0.1, 0.15) is 20.7 Å². The van der Waals surface area contributed by atoms with Gasteiger partial charge < -0.3 is 10.1 Å². The van der Waals surface area contributed by atoms with Crippen LogP contribution in [-0.2, 0) is 11.3 Å². The number of benzene rings is 2. The van der Waals surface area contributed by atoms with Gasteiger partial charge in [-0.25, -0.2) is 4.79 Å². The van der Waals surface area contributed by atoms with Gasteiger partial charge in [0.05, 0.1) is 25.4 Å². The van der Waals surface area contributed by atoms with Gasteiger partial charge in [0.2, 0.25) is 0 Å². The Bertz CT molecular complexity index is 886. The molecule has 0 unspecified atom stereocenters. The third-order valence-electron chi connectivity index (χ3n) is 3.94. The molecule has 0 atom stereocenters. The molecule has 0 aliphatic heterocycles. The molecule has 6 nitrogen and oxygen atoms in total. The van der Waals surface area contributed by atoms with E-state index in [0.717, 1.165) is 11.1 Å². The summed E-state index contributed by atoms with van der Waals surface area (Å²) >= 11 is 0. The van der Waals surface area contributed by atoms with Crippen molar-refractivity contribution in [1.29, 1.82) is 0 Å². The van der Waals surface area contributed by atoms with E-state index in [0.29, 0.717) is 24.2 Å². The first-order valence-electron chi connectivity index (χ1n) is 8.22. The number of rotatable bonds is 6. The molecule has 0 radical (unpaired) electrons. The molecule has 0 aliphatic rings. The molecule has 0 aliphatic carbocycles. The lowest BCUT2D eigenvalue weighted by molar-refractivity contribution is 0.0600. The summed E-state index contributed by atoms with van der Waals surface area (Å²) in [7, 11) is 1.32. The van der Waals surface area contributed by atoms with E-state index in [1.165, 1.54) is 7.11 Å². The molecule has 6 heteroatoms. The van der Waals surface area contributed by atoms with Gasteiger partial charge in [0.1, 0.15) is 0 Å². The van der Waals surface area contributed by atoms with Gasteiger partial charge in [0.25, 0.3) is 5.91 Å². The number of hydrogen-bond acceptors (Lipinski definition) is 4. The van der Waals surface area contributed by atoms with Crippen LogP contribution in [0.25, 0.3) is 11.1 Å². The first-order chi connectivity index (χ1) is 12.7. The fourth-order valence-electron chi connectivity index (χ4n) is 2.53. The summed E-state index contributed by atoms with van der Waals surface area (Å²) in [6.07, 6.45) is 3.76. The highest BCUT2D eigenvalue weighted by Crippen LogP contribution is 2.17. The van der Waals surface area contributed by atoms with Crippen molar-refractivity contribution in [3.05, 3.63) is 78.1 Å². The first kappa shape index (κ1) is 17.4. The molecule has 0 saturated carbocycles. The zero-order valence-corrected chi connectivity index (χ0v) is 14.4. The molecule has 3 aromatic rings. The second-order valence-corrected chi connectivity index (χ2v) is 5.68. The minimum atomic E-state index is -0.426. The third-order valence-corrected chi connectivity index (χ3v) is 3.94. The topological polar surface area (TPSA) is 73.2 Å². The number of ether oxygens (including phenoxy) is 1. The predicted molar refractivity (Wildman–Crippen MR) is 97.8 cm³/mol. The lowest BCUT2D eigenvalue weighted by Gasteiger charge is -2.06. The standard InChI is InChI=1S/C20H19N3O3/c1-26-20(25)17-9-7-16(8-10-17)19(24)21-11-12-23-14-18(13-22-23)15-5-3-2-4-6-15/h2-10,13-14H,11-12H2,1H3,(H,21,24). The fraction of sp³-hybridized carbons (Fsp3) is 0.150. The minimum absolute atomic E-state index is 0.197. The lowest BCUT2D eigenvalue weighted by Crippen LogP contribution is -2.27. The molecule has 1 amide bonds. The Balaban J connectivity index is 1.52. The zero-order chi connectivity index (χ0) is 18.4. The highest BCUT2D eigenvalue weighted by Gasteiger charge is 2.09. The number of carbonyl (C=O) groups is 2. The van der Waals surface area contributed by atoms with Crippen LogP contribution >= 0.6 is 0 Å². The van der Waals surface area contributed by atoms with Crippen LogP contribution in [0.4, 0.5) is 0 Å². The van der Waals surface area contributed by atoms with Crippen molar-refractivity contribution in [1.82, 2.24) is 15.1 Å². The van der Waals surface area contributed by atoms with Crippen molar-refractivity contribution >= 4 is 11.9 Å². The summed E-state index contributed by atoms with van der Waals surface area (Å²) in [6.45, 7) is 1.02. The van der Waals surface area contributed by atoms with Crippen LogP contribution in [0.3, 0.4) is 0 Å². The molecule has 0 fully saturated rings. The number of hydrogen-bond donors (Lipinski definition) is 1. The molecule has 3 rings (SSSR count). The number of methoxy groups -OCH3 is 1. The maximum Gasteiger partial charge on any atom is 0.337 e. The van der Waals surface area contributed by atoms with E-state index in [4.69, 9.17) is 0 Å². The zero-order valence-electron chi connectivity index (χ0n) is 14.4. The summed E-state index contributed by atoms with van der Waals surface area (Å²) in [6, 6.07) is 16.3. The molecule has 1 N–H and O–H groups in total. The van der Waals surface area contributed by atoms with Crippen molar-refractivity contribution in [3.63, 3.8) is 0 Å². The average Bonchev–Trinajstić information content (AvgIpc) is 3.17. The number of nitrogens with one attached hydrogen (secondary N) is 1. The third kappa shape index (κ3) is 4.16. The van der Waals surface area contributed by atoms with Gasteiger partial charge in [0, 0.05) is 23.9 Å². The largest absolute Gasteiger partial charge is 0.465 e. The van der Waals surface area contributed by atoms with Gasteiger partial charge in [-0.3, -0.25) is 9.48 Å². The smallest absolute Gasteiger partial charge is 0.337 e. The van der Waals surface area contributed by atoms with Gasteiger partial charge in [-0.15, -0.1) is 0 Å². The first-order valence-corrected chi connectivity index (χ1v) is 8.22. The van der Waals surface area contributed by atoms with Crippen molar-refractivity contribution < 1.29 is 14.3 Å². The number of esters is 1. The highest BCUT2D eigenvalue weighted by molar-refractivity contribution is 5.96. The van der Waals surface area contributed by atoms with E-state index in [1.807, 2.05) is 42.7 Å². The Hall–Kier alpha value is -3.41. The van der Waals surface area contributed by atoms with Crippen LogP contribution in [0.5, 0.6) is 0 Å². The summed E-state index contributed by atoms with van der Waals surface area (Å²) < 4.78 is 6.43. The van der Waals surface area contributed by atoms with Gasteiger partial charge >= 0.3 is 5.97 Å². The molecule has 132 valence electrons. The fourth-order valence-corrected chi connectivity index (χ4v) is 2.53. The molecular weight excluding hydrogens is 330 g/mol. The van der Waals surface area contributed by atoms with Gasteiger partial charge in [-0.1, -0.05) is 30.3 Å². The molecule has 1 heterocycles. The van der Waals surface area contributed by atoms with Gasteiger partial charge in [-0.2, -0.15) is 5.10 Å². The molecule has 0 saturated heterocycles. The average molecular weight is 349 g/mol. The SMILES string of the molecule is COC(=O)c1ccc(C(=O)NCCn2cc(-c3ccccc3)cn2)cc1. The van der Waals surface area contributed by atoms with Crippen molar-refractivity contribution in [3.8, 4) is 11.1 Å². The Morgan fingerprint density at radius 2 is 1.69 bits per heavy atom. The summed E-state index contributed by atoms with van der Waals surface area (Å²) in [5, 5.41) is 7.16. The maximum absolute atomic E-state index is 12.2. The number of nitrogens with zero attached hydrogens (tertiary/aromatic N) is 2. The molecule has 26 heavy (non-hydrogen) atoms. The summed E-state index contributed by atoms with van der Waals surface area (Å²) in [5.74, 6) is -0.623. The molecular formula is C20H19N3O3. The molecule has 0 bridgehead atoms. The Morgan fingerprint density at radius 3 is 2.38 bits per heavy atom. The number of carbonyl (C=O) groups excluding carboxylic acids is 2. The van der Waals surface area contributed by atoms with Crippen LogP contribution < -0.4 is 5.32 Å². The van der Waals surface area contributed by atoms with Crippen LogP contribution in [-0.4, -0.2) is 35.3 Å². The predicted octanol–water partition coefficient (Wildman–Crippen LogP) is 2.77. The van der Waals surface area contributed by atoms with Crippen LogP contribution in [0, 0.1) is 0 Å². The second kappa shape index (κ2) is 8.11. The Labute approximate surface area is 151 Å². The maximum atomic E-state index is 12.2. The molecule has 1 aromatic heterocycles. The van der Waals surface area contributed by atoms with Gasteiger partial charge in [0.15, 0.2) is 0 Å². The Kier molecular flexibility index (Phi) is 5.43. The normalized spacial score (nSPS) is 10.3. The van der Waals surface area contributed by atoms with Crippen LogP contribution in [0.15, 0.2) is 67.0 Å². The summed E-state index contributed by atoms with van der Waals surface area (Å²) in [5.41, 5.74) is 3.04. The second-order valence-electron chi connectivity index (χ2n) is 5.68. The molecule has 0 spiro atoms. The highest BCUT2D eigenvalue weighted by atomic mass is 16.5. The monoisotopic (exact) mass is 349 g/mol. The van der Waals surface area contributed by atoms with E-state index >= 15 is 0 Å². The van der Waals surface area contributed by atoms with E-state index < -0.39 is 5.97 Å². The van der Waals surface area contributed by atoms with Crippen molar-refractivity contribution in [2.24, 2.45) is 0 Å². The van der Waals surface area contributed by atoms with Gasteiger partial charge in [-0.05, 0) is 29.8 Å². The van der Waals surface area contributed by atoms with E-state index in [2.05, 4.69) is 15.2 Å². The van der Waals surface area contributed by atoms with E-state index in [1.54, 1.807) is 28.9 Å². The Morgan fingerprint density at radius 1 is 1.00 bits per heavy atom. The van der Waals surface area contributed by atoms with Crippen LogP contribution in [0.2, 0.25) is 0 Å². The van der Waals surface area contributed by atoms with E-state index in [-0.39, 0.29) is 5.91 Å².